The van der Waals surface area contributed by atoms with Gasteiger partial charge in [0.2, 0.25) is 5.91 Å². The standard InChI is InChI=1S/C23H19ClN2O5/c24-14-5-6-19-17(11-14)18(27)12-23(31-19)7-9-25(10-8-23)20(28)13-26-21(29)15-3-1-2-4-16(15)22(26)30/h1-6,11H,7-10,12-13H2. The minimum absolute atomic E-state index is 0.0189. The van der Waals surface area contributed by atoms with E-state index in [0.29, 0.717) is 53.4 Å². The molecule has 0 atom stereocenters. The summed E-state index contributed by atoms with van der Waals surface area (Å²) in [5, 5.41) is 0.486. The number of carbonyl (C=O) groups is 4. The topological polar surface area (TPSA) is 84.0 Å². The molecule has 0 saturated carbocycles. The number of ketones is 1. The Balaban J connectivity index is 1.25. The van der Waals surface area contributed by atoms with Crippen molar-refractivity contribution in [2.75, 3.05) is 19.6 Å². The first kappa shape index (κ1) is 19.8. The third kappa shape index (κ3) is 3.29. The van der Waals surface area contributed by atoms with Crippen LogP contribution in [-0.4, -0.2) is 58.5 Å². The monoisotopic (exact) mass is 438 g/mol. The molecule has 3 aliphatic heterocycles. The largest absolute Gasteiger partial charge is 0.486 e. The molecule has 1 fully saturated rings. The number of rotatable bonds is 2. The molecule has 158 valence electrons. The van der Waals surface area contributed by atoms with Crippen LogP contribution in [0.4, 0.5) is 0 Å². The van der Waals surface area contributed by atoms with Crippen LogP contribution in [0.1, 0.15) is 50.3 Å². The van der Waals surface area contributed by atoms with E-state index in [4.69, 9.17) is 16.3 Å². The molecule has 2 aromatic rings. The molecule has 2 aromatic carbocycles. The van der Waals surface area contributed by atoms with Crippen molar-refractivity contribution in [2.24, 2.45) is 0 Å². The van der Waals surface area contributed by atoms with Crippen molar-refractivity contribution in [3.05, 3.63) is 64.2 Å². The number of imide groups is 1. The van der Waals surface area contributed by atoms with E-state index in [1.54, 1.807) is 47.4 Å². The van der Waals surface area contributed by atoms with Crippen molar-refractivity contribution in [2.45, 2.75) is 24.9 Å². The van der Waals surface area contributed by atoms with E-state index >= 15 is 0 Å². The third-order valence-corrected chi connectivity index (χ3v) is 6.49. The molecule has 0 N–H and O–H groups in total. The molecular weight excluding hydrogens is 420 g/mol. The lowest BCUT2D eigenvalue weighted by Gasteiger charge is -2.44. The summed E-state index contributed by atoms with van der Waals surface area (Å²) in [6.45, 7) is 0.483. The van der Waals surface area contributed by atoms with Crippen LogP contribution in [-0.2, 0) is 4.79 Å². The predicted molar refractivity (Wildman–Crippen MR) is 111 cm³/mol. The van der Waals surface area contributed by atoms with Crippen molar-refractivity contribution < 1.29 is 23.9 Å². The molecule has 0 unspecified atom stereocenters. The van der Waals surface area contributed by atoms with Gasteiger partial charge in [-0.1, -0.05) is 23.7 Å². The number of hydrogen-bond acceptors (Lipinski definition) is 5. The first-order chi connectivity index (χ1) is 14.9. The normalized spacial score (nSPS) is 19.3. The van der Waals surface area contributed by atoms with Gasteiger partial charge in [0.1, 0.15) is 17.9 Å². The summed E-state index contributed by atoms with van der Waals surface area (Å²) in [4.78, 5) is 53.1. The highest BCUT2D eigenvalue weighted by Crippen LogP contribution is 2.40. The molecule has 0 aliphatic carbocycles. The first-order valence-corrected chi connectivity index (χ1v) is 10.5. The highest BCUT2D eigenvalue weighted by atomic mass is 35.5. The van der Waals surface area contributed by atoms with Crippen molar-refractivity contribution in [1.29, 1.82) is 0 Å². The second-order valence-electron chi connectivity index (χ2n) is 8.15. The predicted octanol–water partition coefficient (Wildman–Crippen LogP) is 2.96. The van der Waals surface area contributed by atoms with Gasteiger partial charge in [-0.25, -0.2) is 0 Å². The van der Waals surface area contributed by atoms with Crippen LogP contribution in [0.5, 0.6) is 5.75 Å². The quantitative estimate of drug-likeness (QED) is 0.673. The zero-order valence-corrected chi connectivity index (χ0v) is 17.4. The maximum atomic E-state index is 12.8. The maximum absolute atomic E-state index is 12.8. The van der Waals surface area contributed by atoms with Crippen LogP contribution in [0.25, 0.3) is 0 Å². The van der Waals surface area contributed by atoms with Gasteiger partial charge >= 0.3 is 0 Å². The maximum Gasteiger partial charge on any atom is 0.262 e. The van der Waals surface area contributed by atoms with E-state index in [9.17, 15) is 19.2 Å². The molecule has 0 aromatic heterocycles. The number of ether oxygens (including phenoxy) is 1. The van der Waals surface area contributed by atoms with Crippen molar-refractivity contribution in [1.82, 2.24) is 9.80 Å². The fourth-order valence-electron chi connectivity index (χ4n) is 4.53. The molecule has 8 heteroatoms. The number of fused-ring (bicyclic) bond motifs is 2. The summed E-state index contributed by atoms with van der Waals surface area (Å²) in [6.07, 6.45) is 1.23. The molecule has 5 rings (SSSR count). The molecule has 3 aliphatic rings. The average molecular weight is 439 g/mol. The first-order valence-electron chi connectivity index (χ1n) is 10.1. The smallest absolute Gasteiger partial charge is 0.262 e. The van der Waals surface area contributed by atoms with Crippen molar-refractivity contribution >= 4 is 35.1 Å². The Morgan fingerprint density at radius 2 is 1.61 bits per heavy atom. The van der Waals surface area contributed by atoms with E-state index in [1.807, 2.05) is 0 Å². The van der Waals surface area contributed by atoms with Gasteiger partial charge in [0.05, 0.1) is 23.1 Å². The van der Waals surface area contributed by atoms with E-state index in [0.717, 1.165) is 4.90 Å². The summed E-state index contributed by atoms with van der Waals surface area (Å²) >= 11 is 5.99. The number of halogens is 1. The molecule has 3 heterocycles. The molecule has 31 heavy (non-hydrogen) atoms. The number of Topliss-reactive ketones (excluding diaryl/α,β-unsaturated/α-hetero) is 1. The molecule has 0 bridgehead atoms. The highest BCUT2D eigenvalue weighted by Gasteiger charge is 2.44. The number of benzene rings is 2. The Bertz CT molecular complexity index is 1100. The summed E-state index contributed by atoms with van der Waals surface area (Å²) in [5.74, 6) is -0.683. The molecule has 1 saturated heterocycles. The lowest BCUT2D eigenvalue weighted by atomic mass is 9.82. The van der Waals surface area contributed by atoms with Crippen LogP contribution < -0.4 is 4.74 Å². The summed E-state index contributed by atoms with van der Waals surface area (Å²) in [6, 6.07) is 11.6. The Hall–Kier alpha value is -3.19. The lowest BCUT2D eigenvalue weighted by Crippen LogP contribution is -2.54. The van der Waals surface area contributed by atoms with Crippen LogP contribution in [0, 0.1) is 0 Å². The SMILES string of the molecule is O=C1CC2(CCN(C(=O)CN3C(=O)c4ccccc4C3=O)CC2)Oc2ccc(Cl)cc21. The van der Waals surface area contributed by atoms with Gasteiger partial charge in [0.15, 0.2) is 5.78 Å². The molecule has 0 radical (unpaired) electrons. The fraction of sp³-hybridized carbons (Fsp3) is 0.304. The highest BCUT2D eigenvalue weighted by molar-refractivity contribution is 6.31. The van der Waals surface area contributed by atoms with Gasteiger partial charge in [-0.3, -0.25) is 24.1 Å². The molecule has 3 amide bonds. The van der Waals surface area contributed by atoms with Gasteiger partial charge < -0.3 is 9.64 Å². The Morgan fingerprint density at radius 1 is 0.968 bits per heavy atom. The Kier molecular flexibility index (Phi) is 4.59. The molecule has 1 spiro atoms. The van der Waals surface area contributed by atoms with Crippen LogP contribution in [0.3, 0.4) is 0 Å². The Labute approximate surface area is 183 Å². The number of carbonyl (C=O) groups excluding carboxylic acids is 4. The van der Waals surface area contributed by atoms with Crippen molar-refractivity contribution in [3.63, 3.8) is 0 Å². The van der Waals surface area contributed by atoms with Crippen LogP contribution in [0.15, 0.2) is 42.5 Å². The average Bonchev–Trinajstić information content (AvgIpc) is 3.00. The molecular formula is C23H19ClN2O5. The number of piperidine rings is 1. The van der Waals surface area contributed by atoms with E-state index in [2.05, 4.69) is 0 Å². The third-order valence-electron chi connectivity index (χ3n) is 6.25. The second kappa shape index (κ2) is 7.20. The minimum atomic E-state index is -0.649. The summed E-state index contributed by atoms with van der Waals surface area (Å²) in [5.41, 5.74) is 0.489. The van der Waals surface area contributed by atoms with Gasteiger partial charge in [0.25, 0.3) is 11.8 Å². The van der Waals surface area contributed by atoms with Crippen molar-refractivity contribution in [3.8, 4) is 5.75 Å². The van der Waals surface area contributed by atoms with Gasteiger partial charge in [0, 0.05) is 31.0 Å². The fourth-order valence-corrected chi connectivity index (χ4v) is 4.70. The zero-order valence-electron chi connectivity index (χ0n) is 16.6. The van der Waals surface area contributed by atoms with Crippen LogP contribution in [0.2, 0.25) is 5.02 Å². The Morgan fingerprint density at radius 3 is 2.26 bits per heavy atom. The van der Waals surface area contributed by atoms with E-state index in [1.165, 1.54) is 0 Å². The molecule has 7 nitrogen and oxygen atoms in total. The minimum Gasteiger partial charge on any atom is -0.486 e. The number of hydrogen-bond donors (Lipinski definition) is 0. The second-order valence-corrected chi connectivity index (χ2v) is 8.58. The van der Waals surface area contributed by atoms with Gasteiger partial charge in [-0.15, -0.1) is 0 Å². The van der Waals surface area contributed by atoms with Gasteiger partial charge in [-0.2, -0.15) is 0 Å². The van der Waals surface area contributed by atoms with Gasteiger partial charge in [-0.05, 0) is 30.3 Å². The van der Waals surface area contributed by atoms with E-state index < -0.39 is 17.4 Å². The van der Waals surface area contributed by atoms with E-state index in [-0.39, 0.29) is 24.7 Å². The number of nitrogens with zero attached hydrogens (tertiary/aromatic N) is 2. The summed E-state index contributed by atoms with van der Waals surface area (Å²) in [7, 11) is 0. The van der Waals surface area contributed by atoms with Crippen LogP contribution >= 0.6 is 11.6 Å². The number of likely N-dealkylation sites (tertiary alicyclic amines) is 1. The number of amides is 3. The zero-order chi connectivity index (χ0) is 21.8. The summed E-state index contributed by atoms with van der Waals surface area (Å²) < 4.78 is 6.19. The lowest BCUT2D eigenvalue weighted by molar-refractivity contribution is -0.135.